The Morgan fingerprint density at radius 3 is 2.69 bits per heavy atom. The van der Waals surface area contributed by atoms with E-state index in [1.807, 2.05) is 5.32 Å². The molecule has 1 atom stereocenters. The molecule has 29 heavy (non-hydrogen) atoms. The number of nitrogens with one attached hydrogen (secondary N) is 1. The van der Waals surface area contributed by atoms with Crippen LogP contribution in [0, 0.1) is 12.7 Å². The van der Waals surface area contributed by atoms with Crippen LogP contribution in [-0.4, -0.2) is 25.0 Å². The second kappa shape index (κ2) is 7.37. The summed E-state index contributed by atoms with van der Waals surface area (Å²) >= 11 is 0. The molecule has 1 aliphatic carbocycles. The molecule has 2 aromatic rings. The molecule has 3 rings (SSSR count). The SMILES string of the molecule is CCn1cc(F)c([S@@](N)(=O)=NC(=O)Nc2c3c(nc(C)c2C(F)(F)F)CCC3)n1. The van der Waals surface area contributed by atoms with Crippen LogP contribution < -0.4 is 10.5 Å². The maximum absolute atomic E-state index is 13.9. The summed E-state index contributed by atoms with van der Waals surface area (Å²) in [5.74, 6) is -1.03. The number of pyridine rings is 1. The zero-order valence-electron chi connectivity index (χ0n) is 15.5. The lowest BCUT2D eigenvalue weighted by Crippen LogP contribution is -2.22. The van der Waals surface area contributed by atoms with Crippen LogP contribution in [0.2, 0.25) is 0 Å². The number of hydrogen-bond donors (Lipinski definition) is 2. The summed E-state index contributed by atoms with van der Waals surface area (Å²) in [6.45, 7) is 3.08. The monoisotopic (exact) mass is 434 g/mol. The lowest BCUT2D eigenvalue weighted by Gasteiger charge is -2.18. The third-order valence-corrected chi connectivity index (χ3v) is 5.69. The predicted molar refractivity (Wildman–Crippen MR) is 95.9 cm³/mol. The van der Waals surface area contributed by atoms with Gasteiger partial charge >= 0.3 is 12.2 Å². The molecule has 0 aliphatic heterocycles. The van der Waals surface area contributed by atoms with E-state index in [4.69, 9.17) is 5.14 Å². The molecule has 0 saturated heterocycles. The number of anilines is 1. The third kappa shape index (κ3) is 4.10. The summed E-state index contributed by atoms with van der Waals surface area (Å²) in [5, 5.41) is 10.4. The summed E-state index contributed by atoms with van der Waals surface area (Å²) in [7, 11) is -4.11. The Morgan fingerprint density at radius 2 is 2.10 bits per heavy atom. The van der Waals surface area contributed by atoms with Crippen molar-refractivity contribution in [2.24, 2.45) is 9.50 Å². The molecule has 0 bridgehead atoms. The van der Waals surface area contributed by atoms with Crippen LogP contribution in [0.25, 0.3) is 0 Å². The number of carbonyl (C=O) groups is 1. The molecule has 158 valence electrons. The van der Waals surface area contributed by atoms with E-state index >= 15 is 0 Å². The maximum Gasteiger partial charge on any atom is 0.420 e. The average molecular weight is 434 g/mol. The summed E-state index contributed by atoms with van der Waals surface area (Å²) in [5.41, 5.74) is -1.19. The molecule has 2 amide bonds. The number of hydrogen-bond acceptors (Lipinski definition) is 4. The van der Waals surface area contributed by atoms with Gasteiger partial charge in [-0.15, -0.1) is 4.36 Å². The first-order valence-corrected chi connectivity index (χ1v) is 10.2. The fourth-order valence-corrected chi connectivity index (χ4v) is 4.16. The van der Waals surface area contributed by atoms with Gasteiger partial charge in [-0.2, -0.15) is 18.3 Å². The average Bonchev–Trinajstić information content (AvgIpc) is 3.19. The number of alkyl halides is 3. The highest BCUT2D eigenvalue weighted by Crippen LogP contribution is 2.41. The zero-order valence-corrected chi connectivity index (χ0v) is 16.3. The lowest BCUT2D eigenvalue weighted by atomic mass is 10.0. The molecule has 2 aromatic heterocycles. The molecule has 1 aliphatic rings. The van der Waals surface area contributed by atoms with E-state index in [0.29, 0.717) is 18.5 Å². The van der Waals surface area contributed by atoms with Gasteiger partial charge < -0.3 is 5.32 Å². The van der Waals surface area contributed by atoms with Crippen LogP contribution >= 0.6 is 0 Å². The van der Waals surface area contributed by atoms with Crippen molar-refractivity contribution in [1.82, 2.24) is 14.8 Å². The van der Waals surface area contributed by atoms with Gasteiger partial charge in [-0.1, -0.05) is 0 Å². The fraction of sp³-hybridized carbons (Fsp3) is 0.438. The van der Waals surface area contributed by atoms with Crippen molar-refractivity contribution < 1.29 is 26.6 Å². The van der Waals surface area contributed by atoms with E-state index in [0.717, 1.165) is 10.9 Å². The number of nitrogens with zero attached hydrogens (tertiary/aromatic N) is 4. The number of carbonyl (C=O) groups excluding carboxylic acids is 1. The second-order valence-electron chi connectivity index (χ2n) is 6.45. The number of halogens is 4. The highest BCUT2D eigenvalue weighted by molar-refractivity contribution is 7.91. The van der Waals surface area contributed by atoms with E-state index in [2.05, 4.69) is 14.4 Å². The highest BCUT2D eigenvalue weighted by atomic mass is 32.2. The largest absolute Gasteiger partial charge is 0.420 e. The molecule has 13 heteroatoms. The van der Waals surface area contributed by atoms with E-state index in [1.165, 1.54) is 6.92 Å². The first-order valence-electron chi connectivity index (χ1n) is 8.62. The first-order chi connectivity index (χ1) is 13.4. The van der Waals surface area contributed by atoms with E-state index in [9.17, 15) is 26.6 Å². The van der Waals surface area contributed by atoms with Crippen molar-refractivity contribution in [3.63, 3.8) is 0 Å². The van der Waals surface area contributed by atoms with Crippen molar-refractivity contribution in [1.29, 1.82) is 0 Å². The highest BCUT2D eigenvalue weighted by Gasteiger charge is 2.39. The van der Waals surface area contributed by atoms with E-state index in [1.54, 1.807) is 6.92 Å². The van der Waals surface area contributed by atoms with Crippen LogP contribution in [0.1, 0.15) is 35.9 Å². The van der Waals surface area contributed by atoms with Gasteiger partial charge in [-0.05, 0) is 38.7 Å². The van der Waals surface area contributed by atoms with Gasteiger partial charge in [-0.25, -0.2) is 18.5 Å². The van der Waals surface area contributed by atoms with Crippen LogP contribution in [0.5, 0.6) is 0 Å². The summed E-state index contributed by atoms with van der Waals surface area (Å²) in [4.78, 5) is 16.3. The Labute approximate surface area is 163 Å². The first kappa shape index (κ1) is 21.2. The van der Waals surface area contributed by atoms with Gasteiger partial charge in [-0.3, -0.25) is 9.67 Å². The fourth-order valence-electron chi connectivity index (χ4n) is 3.23. The van der Waals surface area contributed by atoms with Gasteiger partial charge in [0.25, 0.3) is 0 Å². The number of aromatic nitrogens is 3. The minimum absolute atomic E-state index is 0.246. The molecule has 0 spiro atoms. The molecule has 0 radical (unpaired) electrons. The molecule has 0 fully saturated rings. The number of amides is 2. The van der Waals surface area contributed by atoms with Gasteiger partial charge in [0.05, 0.1) is 17.6 Å². The van der Waals surface area contributed by atoms with Crippen molar-refractivity contribution in [2.45, 2.75) is 50.9 Å². The Balaban J connectivity index is 2.04. The number of fused-ring (bicyclic) bond motifs is 1. The van der Waals surface area contributed by atoms with Crippen molar-refractivity contribution in [3.05, 3.63) is 34.5 Å². The molecular formula is C16H18F4N6O2S. The number of nitrogens with two attached hydrogens (primary N) is 1. The van der Waals surface area contributed by atoms with Crippen LogP contribution in [-0.2, 0) is 35.5 Å². The number of urea groups is 1. The Kier molecular flexibility index (Phi) is 5.38. The molecule has 0 aromatic carbocycles. The smallest absolute Gasteiger partial charge is 0.304 e. The van der Waals surface area contributed by atoms with Crippen molar-refractivity contribution in [2.75, 3.05) is 5.32 Å². The summed E-state index contributed by atoms with van der Waals surface area (Å²) in [6, 6.07) is -1.40. The maximum atomic E-state index is 13.9. The molecule has 0 unspecified atom stereocenters. The predicted octanol–water partition coefficient (Wildman–Crippen LogP) is 3.19. The lowest BCUT2D eigenvalue weighted by molar-refractivity contribution is -0.137. The van der Waals surface area contributed by atoms with Gasteiger partial charge in [0, 0.05) is 12.2 Å². The normalized spacial score (nSPS) is 15.7. The van der Waals surface area contributed by atoms with Gasteiger partial charge in [0.2, 0.25) is 5.03 Å². The number of aryl methyl sites for hydroxylation is 3. The standard InChI is InChI=1S/C16H18F4N6O2S/c1-3-26-7-10(17)14(24-26)29(21,28)25-15(27)23-13-9-5-4-6-11(9)22-8(2)12(13)16(18,19)20/h7H,3-6H2,1-2H3,(H3,21,22,23,25,27,28)/t29-/m0/s1. The van der Waals surface area contributed by atoms with Crippen LogP contribution in [0.4, 0.5) is 28.0 Å². The topological polar surface area (TPSA) is 115 Å². The zero-order chi connectivity index (χ0) is 21.6. The van der Waals surface area contributed by atoms with Gasteiger partial charge in [0.15, 0.2) is 15.7 Å². The molecule has 2 heterocycles. The quantitative estimate of drug-likeness (QED) is 0.722. The molecule has 8 nitrogen and oxygen atoms in total. The Hall–Kier alpha value is -2.54. The molecule has 3 N–H and O–H groups in total. The Morgan fingerprint density at radius 1 is 1.41 bits per heavy atom. The van der Waals surface area contributed by atoms with Crippen molar-refractivity contribution in [3.8, 4) is 0 Å². The second-order valence-corrected chi connectivity index (χ2v) is 8.16. The van der Waals surface area contributed by atoms with E-state index in [-0.39, 0.29) is 24.2 Å². The minimum Gasteiger partial charge on any atom is -0.304 e. The molecule has 0 saturated carbocycles. The third-order valence-electron chi connectivity index (χ3n) is 4.43. The van der Waals surface area contributed by atoms with Gasteiger partial charge in [0.1, 0.15) is 5.56 Å². The van der Waals surface area contributed by atoms with E-state index < -0.39 is 44.2 Å². The Bertz CT molecular complexity index is 1100. The minimum atomic E-state index is -4.78. The van der Waals surface area contributed by atoms with Crippen LogP contribution in [0.3, 0.4) is 0 Å². The molecular weight excluding hydrogens is 416 g/mol. The van der Waals surface area contributed by atoms with Crippen molar-refractivity contribution >= 4 is 21.6 Å². The summed E-state index contributed by atoms with van der Waals surface area (Å²) in [6.07, 6.45) is -2.52. The van der Waals surface area contributed by atoms with Crippen LogP contribution in [0.15, 0.2) is 15.6 Å². The summed E-state index contributed by atoms with van der Waals surface area (Å²) < 4.78 is 71.4. The number of rotatable bonds is 3.